The lowest BCUT2D eigenvalue weighted by Gasteiger charge is -2.39. The molecule has 1 aliphatic heterocycles. The molecule has 0 fully saturated rings. The van der Waals surface area contributed by atoms with Gasteiger partial charge in [-0.3, -0.25) is 9.98 Å². The van der Waals surface area contributed by atoms with Crippen LogP contribution in [0, 0.1) is 5.41 Å². The summed E-state index contributed by atoms with van der Waals surface area (Å²) in [4.78, 5) is 9.87. The SMILES string of the molecule is CC(C)(C)C1=CC=NC(C)(c2cc(-c3ccccc3)ccc2C(C)(C)c2ccccc2-c2ccccn2)C1. The molecule has 1 atom stereocenters. The van der Waals surface area contributed by atoms with E-state index in [0.717, 1.165) is 12.1 Å². The van der Waals surface area contributed by atoms with Gasteiger partial charge in [0.15, 0.2) is 0 Å². The molecular formula is C36H38N2. The van der Waals surface area contributed by atoms with E-state index < -0.39 is 0 Å². The molecule has 1 unspecified atom stereocenters. The number of nitrogens with zero attached hydrogens (tertiary/aromatic N) is 2. The van der Waals surface area contributed by atoms with Crippen molar-refractivity contribution in [2.24, 2.45) is 10.4 Å². The molecule has 0 aliphatic carbocycles. The summed E-state index contributed by atoms with van der Waals surface area (Å²) >= 11 is 0. The van der Waals surface area contributed by atoms with Gasteiger partial charge in [-0.15, -0.1) is 0 Å². The molecule has 0 N–H and O–H groups in total. The fourth-order valence-electron chi connectivity index (χ4n) is 5.71. The van der Waals surface area contributed by atoms with Gasteiger partial charge in [0.1, 0.15) is 0 Å². The normalized spacial score (nSPS) is 17.8. The van der Waals surface area contributed by atoms with Crippen LogP contribution in [0.2, 0.25) is 0 Å². The van der Waals surface area contributed by atoms with Crippen molar-refractivity contribution >= 4 is 6.21 Å². The Morgan fingerprint density at radius 3 is 2.13 bits per heavy atom. The van der Waals surface area contributed by atoms with Crippen LogP contribution < -0.4 is 0 Å². The molecule has 0 radical (unpaired) electrons. The standard InChI is InChI=1S/C36H38N2/c1-34(2,3)28-21-23-38-36(6,25-28)32-24-27(26-14-8-7-9-15-26)19-20-31(32)35(4,5)30-17-11-10-16-29(30)33-18-12-13-22-37-33/h7-24H,25H2,1-6H3. The molecule has 0 saturated carbocycles. The summed E-state index contributed by atoms with van der Waals surface area (Å²) in [5.74, 6) is 0. The molecule has 0 saturated heterocycles. The molecule has 0 spiro atoms. The minimum atomic E-state index is -0.366. The fraction of sp³-hybridized carbons (Fsp3) is 0.278. The summed E-state index contributed by atoms with van der Waals surface area (Å²) in [7, 11) is 0. The molecule has 2 nitrogen and oxygen atoms in total. The van der Waals surface area contributed by atoms with E-state index in [0.29, 0.717) is 0 Å². The van der Waals surface area contributed by atoms with Gasteiger partial charge in [0.25, 0.3) is 0 Å². The van der Waals surface area contributed by atoms with Gasteiger partial charge in [-0.2, -0.15) is 0 Å². The average Bonchev–Trinajstić information content (AvgIpc) is 2.93. The molecule has 0 amide bonds. The van der Waals surface area contributed by atoms with E-state index in [1.807, 2.05) is 18.5 Å². The van der Waals surface area contributed by atoms with Crippen LogP contribution in [0.25, 0.3) is 22.4 Å². The smallest absolute Gasteiger partial charge is 0.0868 e. The van der Waals surface area contributed by atoms with Gasteiger partial charge in [0.2, 0.25) is 0 Å². The number of benzene rings is 3. The molecule has 3 aromatic carbocycles. The van der Waals surface area contributed by atoms with Gasteiger partial charge in [0, 0.05) is 23.4 Å². The molecular weight excluding hydrogens is 460 g/mol. The van der Waals surface area contributed by atoms with Crippen LogP contribution in [0.4, 0.5) is 0 Å². The highest BCUT2D eigenvalue weighted by Crippen LogP contribution is 2.47. The van der Waals surface area contributed by atoms with Gasteiger partial charge < -0.3 is 0 Å². The van der Waals surface area contributed by atoms with Gasteiger partial charge in [0.05, 0.1) is 11.2 Å². The minimum Gasteiger partial charge on any atom is -0.282 e. The van der Waals surface area contributed by atoms with Crippen molar-refractivity contribution in [3.8, 4) is 22.4 Å². The molecule has 1 aliphatic rings. The average molecular weight is 499 g/mol. The Kier molecular flexibility index (Phi) is 6.69. The second-order valence-electron chi connectivity index (χ2n) is 12.2. The molecule has 0 bridgehead atoms. The van der Waals surface area contributed by atoms with Gasteiger partial charge in [-0.05, 0) is 70.9 Å². The third-order valence-electron chi connectivity index (χ3n) is 8.05. The van der Waals surface area contributed by atoms with E-state index in [1.165, 1.54) is 39.0 Å². The van der Waals surface area contributed by atoms with Gasteiger partial charge >= 0.3 is 0 Å². The largest absolute Gasteiger partial charge is 0.282 e. The summed E-state index contributed by atoms with van der Waals surface area (Å²) in [5, 5.41) is 0. The zero-order valence-electron chi connectivity index (χ0n) is 23.5. The van der Waals surface area contributed by atoms with Crippen molar-refractivity contribution < 1.29 is 0 Å². The molecule has 2 heteroatoms. The van der Waals surface area contributed by atoms with Crippen molar-refractivity contribution in [3.63, 3.8) is 0 Å². The summed E-state index contributed by atoms with van der Waals surface area (Å²) < 4.78 is 0. The number of aromatic nitrogens is 1. The van der Waals surface area contributed by atoms with Crippen LogP contribution in [0.15, 0.2) is 114 Å². The number of hydrogen-bond donors (Lipinski definition) is 0. The van der Waals surface area contributed by atoms with Crippen LogP contribution in [0.3, 0.4) is 0 Å². The fourth-order valence-corrected chi connectivity index (χ4v) is 5.71. The Hall–Kier alpha value is -3.78. The number of dihydropyridines is 1. The van der Waals surface area contributed by atoms with Crippen LogP contribution in [0.1, 0.15) is 64.7 Å². The Balaban J connectivity index is 1.71. The van der Waals surface area contributed by atoms with Crippen molar-refractivity contribution in [3.05, 3.63) is 126 Å². The van der Waals surface area contributed by atoms with Crippen LogP contribution >= 0.6 is 0 Å². The Bertz CT molecular complexity index is 1490. The zero-order chi connectivity index (χ0) is 27.0. The Morgan fingerprint density at radius 2 is 1.42 bits per heavy atom. The highest BCUT2D eigenvalue weighted by atomic mass is 14.9. The van der Waals surface area contributed by atoms with E-state index in [9.17, 15) is 0 Å². The third kappa shape index (κ3) is 4.88. The maximum absolute atomic E-state index is 5.16. The summed E-state index contributed by atoms with van der Waals surface area (Å²) in [6, 6.07) is 32.5. The van der Waals surface area contributed by atoms with Crippen molar-refractivity contribution in [1.29, 1.82) is 0 Å². The van der Waals surface area contributed by atoms with E-state index in [4.69, 9.17) is 9.98 Å². The highest BCUT2D eigenvalue weighted by Gasteiger charge is 2.38. The molecule has 192 valence electrons. The predicted octanol–water partition coefficient (Wildman–Crippen LogP) is 9.40. The number of rotatable bonds is 5. The van der Waals surface area contributed by atoms with Gasteiger partial charge in [-0.25, -0.2) is 0 Å². The lowest BCUT2D eigenvalue weighted by molar-refractivity contribution is 0.400. The highest BCUT2D eigenvalue weighted by molar-refractivity contribution is 5.76. The summed E-state index contributed by atoms with van der Waals surface area (Å²) in [5.41, 5.74) is 9.34. The molecule has 4 aromatic rings. The molecule has 5 rings (SSSR count). The summed E-state index contributed by atoms with van der Waals surface area (Å²) in [6.45, 7) is 13.9. The Morgan fingerprint density at radius 1 is 0.711 bits per heavy atom. The van der Waals surface area contributed by atoms with E-state index in [-0.39, 0.29) is 16.4 Å². The molecule has 38 heavy (non-hydrogen) atoms. The van der Waals surface area contributed by atoms with Crippen LogP contribution in [-0.4, -0.2) is 11.2 Å². The maximum atomic E-state index is 5.16. The lowest BCUT2D eigenvalue weighted by atomic mass is 9.68. The first-order valence-electron chi connectivity index (χ1n) is 13.6. The zero-order valence-corrected chi connectivity index (χ0v) is 23.5. The monoisotopic (exact) mass is 498 g/mol. The molecule has 1 aromatic heterocycles. The third-order valence-corrected chi connectivity index (χ3v) is 8.05. The Labute approximate surface area is 228 Å². The second-order valence-corrected chi connectivity index (χ2v) is 12.2. The number of hydrogen-bond acceptors (Lipinski definition) is 2. The summed E-state index contributed by atoms with van der Waals surface area (Å²) in [6.07, 6.45) is 7.01. The second kappa shape index (κ2) is 9.83. The van der Waals surface area contributed by atoms with Crippen LogP contribution in [-0.2, 0) is 11.0 Å². The van der Waals surface area contributed by atoms with E-state index >= 15 is 0 Å². The predicted molar refractivity (Wildman–Crippen MR) is 162 cm³/mol. The van der Waals surface area contributed by atoms with Crippen molar-refractivity contribution in [1.82, 2.24) is 4.98 Å². The first kappa shape index (κ1) is 25.9. The topological polar surface area (TPSA) is 25.2 Å². The minimum absolute atomic E-state index is 0.0893. The number of allylic oxidation sites excluding steroid dienone is 1. The molecule has 2 heterocycles. The van der Waals surface area contributed by atoms with Gasteiger partial charge in [-0.1, -0.05) is 113 Å². The first-order chi connectivity index (χ1) is 18.1. The quantitative estimate of drug-likeness (QED) is 0.269. The van der Waals surface area contributed by atoms with E-state index in [1.54, 1.807) is 0 Å². The number of aliphatic imine (C=N–C) groups is 1. The van der Waals surface area contributed by atoms with Crippen molar-refractivity contribution in [2.75, 3.05) is 0 Å². The van der Waals surface area contributed by atoms with E-state index in [2.05, 4.69) is 133 Å². The lowest BCUT2D eigenvalue weighted by Crippen LogP contribution is -2.32. The first-order valence-corrected chi connectivity index (χ1v) is 13.6. The van der Waals surface area contributed by atoms with Crippen LogP contribution in [0.5, 0.6) is 0 Å². The van der Waals surface area contributed by atoms with Crippen molar-refractivity contribution in [2.45, 2.75) is 58.9 Å². The number of pyridine rings is 1. The maximum Gasteiger partial charge on any atom is 0.0868 e.